The predicted octanol–water partition coefficient (Wildman–Crippen LogP) is 21.5. The molecule has 0 fully saturated rings. The summed E-state index contributed by atoms with van der Waals surface area (Å²) in [6.07, 6.45) is 22.6. The number of anilines is 2. The van der Waals surface area contributed by atoms with Crippen molar-refractivity contribution in [2.75, 3.05) is 11.5 Å². The van der Waals surface area contributed by atoms with Crippen molar-refractivity contribution in [2.24, 2.45) is 11.8 Å². The van der Waals surface area contributed by atoms with Gasteiger partial charge >= 0.3 is 0 Å². The molecule has 4 N–H and O–H groups in total. The average molecular weight is 1210 g/mol. The van der Waals surface area contributed by atoms with E-state index in [1.165, 1.54) is 197 Å². The smallest absolute Gasteiger partial charge is 0.122 e. The lowest BCUT2D eigenvalue weighted by molar-refractivity contribution is 0.469. The first-order chi connectivity index (χ1) is 38.7. The van der Waals surface area contributed by atoms with E-state index >= 15 is 0 Å². The molecular weight excluding hydrogens is 1140 g/mol. The van der Waals surface area contributed by atoms with Crippen LogP contribution >= 0.6 is 91.5 Å². The highest BCUT2D eigenvalue weighted by Crippen LogP contribution is 2.53. The van der Waals surface area contributed by atoms with Gasteiger partial charge in [-0.05, 0) is 133 Å². The van der Waals surface area contributed by atoms with Gasteiger partial charge in [-0.15, -0.1) is 68.0 Å². The zero-order chi connectivity index (χ0) is 54.6. The number of aryl methyl sites for hydroxylation is 2. The van der Waals surface area contributed by atoms with Gasteiger partial charge in [-0.2, -0.15) is 17.5 Å². The molecule has 9 heterocycles. The van der Waals surface area contributed by atoms with Crippen molar-refractivity contribution in [1.29, 1.82) is 0 Å². The molecule has 11 rings (SSSR count). The van der Waals surface area contributed by atoms with Gasteiger partial charge in [-0.25, -0.2) is 0 Å². The highest BCUT2D eigenvalue weighted by Gasteiger charge is 2.50. The van der Waals surface area contributed by atoms with E-state index in [9.17, 15) is 0 Å². The summed E-state index contributed by atoms with van der Waals surface area (Å²) in [6.45, 7) is 14.2. The first-order valence-corrected chi connectivity index (χ1v) is 38.2. The zero-order valence-electron chi connectivity index (χ0n) is 46.9. The summed E-state index contributed by atoms with van der Waals surface area (Å²) in [6, 6.07) is 30.5. The van der Waals surface area contributed by atoms with Crippen LogP contribution in [-0.4, -0.2) is 25.6 Å². The number of aromatic nitrogens is 4. The number of benzene rings is 2. The maximum absolute atomic E-state index is 7.39. The van der Waals surface area contributed by atoms with E-state index in [2.05, 4.69) is 114 Å². The van der Waals surface area contributed by atoms with Crippen molar-refractivity contribution < 1.29 is 0 Å². The Kier molecular flexibility index (Phi) is 18.5. The third-order valence-electron chi connectivity index (χ3n) is 16.8. The Balaban J connectivity index is 0.992. The number of unbranched alkanes of at least 4 members (excludes halogenated alkanes) is 8. The van der Waals surface area contributed by atoms with E-state index in [1.54, 1.807) is 10.4 Å². The monoisotopic (exact) mass is 1210 g/mol. The lowest BCUT2D eigenvalue weighted by atomic mass is 10.0. The van der Waals surface area contributed by atoms with Crippen LogP contribution in [-0.2, 0) is 12.8 Å². The Morgan fingerprint density at radius 1 is 0.405 bits per heavy atom. The first kappa shape index (κ1) is 56.9. The van der Waals surface area contributed by atoms with E-state index in [0.717, 1.165) is 68.5 Å². The summed E-state index contributed by atoms with van der Waals surface area (Å²) < 4.78 is 20.3. The van der Waals surface area contributed by atoms with Gasteiger partial charge < -0.3 is 11.5 Å². The van der Waals surface area contributed by atoms with Crippen LogP contribution in [0.15, 0.2) is 72.8 Å². The lowest BCUT2D eigenvalue weighted by Gasteiger charge is -2.35. The maximum atomic E-state index is 7.39. The van der Waals surface area contributed by atoms with E-state index in [0.29, 0.717) is 11.8 Å². The number of rotatable bonds is 28. The Labute approximate surface area is 502 Å². The lowest BCUT2D eigenvalue weighted by Crippen LogP contribution is -2.56. The largest absolute Gasteiger partial charge is 0.398 e. The van der Waals surface area contributed by atoms with E-state index in [1.807, 2.05) is 68.0 Å². The predicted molar refractivity (Wildman–Crippen MR) is 359 cm³/mol. The summed E-state index contributed by atoms with van der Waals surface area (Å²) >= 11 is 14.1. The molecule has 0 amide bonds. The third kappa shape index (κ3) is 11.6. The topological polar surface area (TPSA) is 104 Å². The number of nitrogens with zero attached hydrogens (tertiary/aromatic N) is 4. The standard InChI is InChI=1S/C64H76N6S8Si/c1-7-13-17-19-23-41-25-27-49(71-41)51-31-29-47(73-51)43-33-45(65)57(61-59(43)67-77-69-61)53-35-55-63(75-53)64-56(79(55,37-39(11-5)21-15-9-3)38-40(12-6)22-16-10-4)36-54(76-64)58-46(66)34-44(60-62(58)70-78-68-60)48-30-32-52(74-48)50-28-26-42(72-50)24-20-18-14-8-2/h25-36,39-40H,7-24,37-38,65-66H2,1-6H3. The van der Waals surface area contributed by atoms with E-state index < -0.39 is 8.07 Å². The number of fused-ring (bicyclic) bond motifs is 5. The van der Waals surface area contributed by atoms with Crippen molar-refractivity contribution >= 4 is 143 Å². The second kappa shape index (κ2) is 25.7. The molecular formula is C64H76N6S8Si. The molecule has 0 aliphatic carbocycles. The summed E-state index contributed by atoms with van der Waals surface area (Å²) in [5, 5.41) is 3.25. The molecule has 0 radical (unpaired) electrons. The minimum atomic E-state index is -2.43. The molecule has 0 spiro atoms. The van der Waals surface area contributed by atoms with Gasteiger partial charge in [-0.1, -0.05) is 131 Å². The summed E-state index contributed by atoms with van der Waals surface area (Å²) in [5.41, 5.74) is 24.3. The van der Waals surface area contributed by atoms with E-state index in [-0.39, 0.29) is 0 Å². The van der Waals surface area contributed by atoms with Crippen LogP contribution in [0.25, 0.3) is 93.1 Å². The molecule has 414 valence electrons. The zero-order valence-corrected chi connectivity index (χ0v) is 54.5. The van der Waals surface area contributed by atoms with Gasteiger partial charge in [0.15, 0.2) is 0 Å². The minimum absolute atomic E-state index is 0.655. The second-order valence-electron chi connectivity index (χ2n) is 22.2. The van der Waals surface area contributed by atoms with Crippen molar-refractivity contribution in [1.82, 2.24) is 17.5 Å². The van der Waals surface area contributed by atoms with Gasteiger partial charge in [0.05, 0.1) is 23.5 Å². The van der Waals surface area contributed by atoms with Gasteiger partial charge in [0, 0.05) is 92.2 Å². The van der Waals surface area contributed by atoms with Crippen molar-refractivity contribution in [3.8, 4) is 71.0 Å². The Hall–Kier alpha value is -3.90. The molecule has 79 heavy (non-hydrogen) atoms. The quantitative estimate of drug-likeness (QED) is 0.0288. The molecule has 0 bridgehead atoms. The number of nitrogens with two attached hydrogens (primary N) is 2. The van der Waals surface area contributed by atoms with Crippen LogP contribution in [0, 0.1) is 11.8 Å². The molecule has 15 heteroatoms. The number of hydrogen-bond acceptors (Lipinski definition) is 14. The highest BCUT2D eigenvalue weighted by molar-refractivity contribution is 7.32. The molecule has 2 atom stereocenters. The summed E-state index contributed by atoms with van der Waals surface area (Å²) in [7, 11) is -2.43. The summed E-state index contributed by atoms with van der Waals surface area (Å²) in [5.74, 6) is 1.31. The molecule has 10 aromatic rings. The number of thiophene rings is 6. The fraction of sp³-hybridized carbons (Fsp3) is 0.438. The molecule has 2 unspecified atom stereocenters. The van der Waals surface area contributed by atoms with Gasteiger partial charge in [0.2, 0.25) is 0 Å². The highest BCUT2D eigenvalue weighted by atomic mass is 32.1. The Morgan fingerprint density at radius 2 is 0.797 bits per heavy atom. The minimum Gasteiger partial charge on any atom is -0.398 e. The normalized spacial score (nSPS) is 13.8. The molecule has 0 saturated heterocycles. The fourth-order valence-corrected chi connectivity index (χ4v) is 28.4. The Bertz CT molecular complexity index is 3410. The molecule has 6 nitrogen and oxygen atoms in total. The maximum Gasteiger partial charge on any atom is 0.122 e. The fourth-order valence-electron chi connectivity index (χ4n) is 12.4. The SMILES string of the molecule is CCCCCCc1ccc(-c2ccc(-c3cc(N)c(-c4cc5c(s4)-c4sc(-c6c(N)cc(-c7ccc(-c8ccc(CCCCCC)s8)s7)c7nsnc67)cc4[Si]5(CC(CC)CCCC)CC(CC)CCCC)c4nsnc34)s2)s1. The van der Waals surface area contributed by atoms with Crippen LogP contribution in [0.3, 0.4) is 0 Å². The molecule has 1 aliphatic heterocycles. The molecule has 2 aromatic carbocycles. The first-order valence-electron chi connectivity index (χ1n) is 29.5. The molecule has 1 aliphatic rings. The van der Waals surface area contributed by atoms with Gasteiger partial charge in [0.25, 0.3) is 0 Å². The number of hydrogen-bond donors (Lipinski definition) is 2. The van der Waals surface area contributed by atoms with Crippen LogP contribution in [0.5, 0.6) is 0 Å². The number of nitrogen functional groups attached to an aromatic ring is 2. The summed E-state index contributed by atoms with van der Waals surface area (Å²) in [4.78, 5) is 15.9. The van der Waals surface area contributed by atoms with Crippen LogP contribution in [0.4, 0.5) is 11.4 Å². The van der Waals surface area contributed by atoms with Crippen molar-refractivity contribution in [2.45, 2.75) is 169 Å². The second-order valence-corrected chi connectivity index (χ2v) is 33.9. The van der Waals surface area contributed by atoms with E-state index in [4.69, 9.17) is 29.0 Å². The molecule has 0 saturated carbocycles. The van der Waals surface area contributed by atoms with Crippen molar-refractivity contribution in [3.05, 3.63) is 82.6 Å². The third-order valence-corrected chi connectivity index (χ3v) is 31.0. The van der Waals surface area contributed by atoms with Gasteiger partial charge in [0.1, 0.15) is 30.1 Å². The van der Waals surface area contributed by atoms with Crippen molar-refractivity contribution in [3.63, 3.8) is 0 Å². The van der Waals surface area contributed by atoms with Gasteiger partial charge in [-0.3, -0.25) is 0 Å². The average Bonchev–Trinajstić information content (AvgIpc) is 3.45. The van der Waals surface area contributed by atoms with Crippen LogP contribution in [0.2, 0.25) is 12.1 Å². The van der Waals surface area contributed by atoms with Crippen LogP contribution in [0.1, 0.15) is 154 Å². The Morgan fingerprint density at radius 3 is 1.22 bits per heavy atom. The van der Waals surface area contributed by atoms with Crippen LogP contribution < -0.4 is 21.8 Å². The molecule has 8 aromatic heterocycles.